The Labute approximate surface area is 88.8 Å². The lowest BCUT2D eigenvalue weighted by molar-refractivity contribution is 0.460. The second-order valence-electron chi connectivity index (χ2n) is 3.81. The largest absolute Gasteiger partial charge is 0.448 e. The fraction of sp³-hybridized carbons (Fsp3) is 0.667. The Hall–Kier alpha value is -0.880. The molecule has 1 fully saturated rings. The van der Waals surface area contributed by atoms with Gasteiger partial charge in [-0.25, -0.2) is 13.4 Å². The maximum absolute atomic E-state index is 11.3. The molecule has 2 rings (SSSR count). The average Bonchev–Trinajstić information content (AvgIpc) is 2.73. The standard InChI is InChI=1S/C9H14N2O3S/c1-10-4-8-5-14-9(11-8)7-2-3-15(12,13)6-7/h5,7,10H,2-4,6H2,1H3. The van der Waals surface area contributed by atoms with Crippen LogP contribution in [0.2, 0.25) is 0 Å². The SMILES string of the molecule is CNCc1coc(C2CCS(=O)(=O)C2)n1. The zero-order valence-corrected chi connectivity index (χ0v) is 9.38. The zero-order chi connectivity index (χ0) is 10.9. The van der Waals surface area contributed by atoms with Crippen molar-refractivity contribution >= 4 is 9.84 Å². The monoisotopic (exact) mass is 230 g/mol. The molecule has 1 aromatic heterocycles. The van der Waals surface area contributed by atoms with Gasteiger partial charge in [-0.1, -0.05) is 0 Å². The molecule has 1 atom stereocenters. The quantitative estimate of drug-likeness (QED) is 0.808. The Balaban J connectivity index is 2.10. The lowest BCUT2D eigenvalue weighted by Gasteiger charge is -1.99. The molecule has 5 nitrogen and oxygen atoms in total. The van der Waals surface area contributed by atoms with Gasteiger partial charge in [0, 0.05) is 6.54 Å². The third-order valence-electron chi connectivity index (χ3n) is 2.51. The number of hydrogen-bond donors (Lipinski definition) is 1. The molecule has 2 heterocycles. The van der Waals surface area contributed by atoms with Crippen molar-refractivity contribution in [2.24, 2.45) is 0 Å². The van der Waals surface area contributed by atoms with Crippen LogP contribution in [0.15, 0.2) is 10.7 Å². The molecule has 0 aliphatic carbocycles. The summed E-state index contributed by atoms with van der Waals surface area (Å²) in [5.41, 5.74) is 0.816. The minimum absolute atomic E-state index is 0.0550. The first-order chi connectivity index (χ1) is 7.11. The Morgan fingerprint density at radius 1 is 1.67 bits per heavy atom. The summed E-state index contributed by atoms with van der Waals surface area (Å²) in [4.78, 5) is 4.25. The molecule has 0 aromatic carbocycles. The molecule has 0 bridgehead atoms. The normalized spacial score (nSPS) is 24.5. The molecule has 1 aliphatic heterocycles. The molecule has 1 unspecified atom stereocenters. The molecule has 1 aromatic rings. The van der Waals surface area contributed by atoms with E-state index in [1.54, 1.807) is 6.26 Å². The molecule has 84 valence electrons. The van der Waals surface area contributed by atoms with E-state index in [9.17, 15) is 8.42 Å². The van der Waals surface area contributed by atoms with Crippen LogP contribution in [0.5, 0.6) is 0 Å². The number of nitrogens with zero attached hydrogens (tertiary/aromatic N) is 1. The number of nitrogens with one attached hydrogen (secondary N) is 1. The van der Waals surface area contributed by atoms with Gasteiger partial charge < -0.3 is 9.73 Å². The number of hydrogen-bond acceptors (Lipinski definition) is 5. The van der Waals surface area contributed by atoms with Crippen LogP contribution >= 0.6 is 0 Å². The highest BCUT2D eigenvalue weighted by Crippen LogP contribution is 2.28. The van der Waals surface area contributed by atoms with Crippen molar-refractivity contribution in [1.29, 1.82) is 0 Å². The highest BCUT2D eigenvalue weighted by atomic mass is 32.2. The highest BCUT2D eigenvalue weighted by Gasteiger charge is 2.32. The molecule has 1 N–H and O–H groups in total. The van der Waals surface area contributed by atoms with Crippen LogP contribution in [0, 0.1) is 0 Å². The summed E-state index contributed by atoms with van der Waals surface area (Å²) in [6, 6.07) is 0. The average molecular weight is 230 g/mol. The van der Waals surface area contributed by atoms with E-state index in [0.29, 0.717) is 18.9 Å². The second-order valence-corrected chi connectivity index (χ2v) is 6.04. The van der Waals surface area contributed by atoms with Crippen molar-refractivity contribution < 1.29 is 12.8 Å². The van der Waals surface area contributed by atoms with Crippen molar-refractivity contribution in [1.82, 2.24) is 10.3 Å². The molecular weight excluding hydrogens is 216 g/mol. The molecular formula is C9H14N2O3S. The van der Waals surface area contributed by atoms with Gasteiger partial charge in [-0.05, 0) is 13.5 Å². The number of rotatable bonds is 3. The summed E-state index contributed by atoms with van der Waals surface area (Å²) < 4.78 is 27.8. The first-order valence-corrected chi connectivity index (χ1v) is 6.72. The fourth-order valence-electron chi connectivity index (χ4n) is 1.76. The maximum atomic E-state index is 11.3. The summed E-state index contributed by atoms with van der Waals surface area (Å²) in [7, 11) is -1.03. The van der Waals surface area contributed by atoms with Crippen LogP contribution in [0.4, 0.5) is 0 Å². The van der Waals surface area contributed by atoms with Gasteiger partial charge in [0.05, 0.1) is 23.1 Å². The third-order valence-corrected chi connectivity index (χ3v) is 4.28. The zero-order valence-electron chi connectivity index (χ0n) is 8.56. The van der Waals surface area contributed by atoms with Crippen molar-refractivity contribution in [2.75, 3.05) is 18.6 Å². The molecule has 0 saturated carbocycles. The van der Waals surface area contributed by atoms with Gasteiger partial charge in [0.25, 0.3) is 0 Å². The lowest BCUT2D eigenvalue weighted by Crippen LogP contribution is -2.07. The summed E-state index contributed by atoms with van der Waals surface area (Å²) in [6.07, 6.45) is 2.21. The van der Waals surface area contributed by atoms with Crippen LogP contribution in [0.3, 0.4) is 0 Å². The Morgan fingerprint density at radius 2 is 2.47 bits per heavy atom. The Kier molecular flexibility index (Phi) is 2.79. The third kappa shape index (κ3) is 2.38. The topological polar surface area (TPSA) is 72.2 Å². The lowest BCUT2D eigenvalue weighted by atomic mass is 10.1. The second kappa shape index (κ2) is 3.94. The smallest absolute Gasteiger partial charge is 0.198 e. The summed E-state index contributed by atoms with van der Waals surface area (Å²) >= 11 is 0. The summed E-state index contributed by atoms with van der Waals surface area (Å²) in [5, 5.41) is 2.96. The van der Waals surface area contributed by atoms with E-state index >= 15 is 0 Å². The van der Waals surface area contributed by atoms with E-state index in [-0.39, 0.29) is 17.4 Å². The molecule has 6 heteroatoms. The van der Waals surface area contributed by atoms with Gasteiger partial charge in [-0.3, -0.25) is 0 Å². The first kappa shape index (κ1) is 10.6. The van der Waals surface area contributed by atoms with Gasteiger partial charge in [-0.15, -0.1) is 0 Å². The van der Waals surface area contributed by atoms with E-state index in [1.165, 1.54) is 0 Å². The molecule has 1 saturated heterocycles. The van der Waals surface area contributed by atoms with E-state index in [4.69, 9.17) is 4.42 Å². The van der Waals surface area contributed by atoms with Crippen molar-refractivity contribution in [2.45, 2.75) is 18.9 Å². The highest BCUT2D eigenvalue weighted by molar-refractivity contribution is 7.91. The van der Waals surface area contributed by atoms with Gasteiger partial charge in [0.15, 0.2) is 15.7 Å². The minimum atomic E-state index is -2.86. The van der Waals surface area contributed by atoms with Crippen molar-refractivity contribution in [3.05, 3.63) is 17.8 Å². The van der Waals surface area contributed by atoms with Gasteiger partial charge in [0.1, 0.15) is 6.26 Å². The van der Waals surface area contributed by atoms with Crippen LogP contribution in [-0.2, 0) is 16.4 Å². The molecule has 0 amide bonds. The molecule has 0 radical (unpaired) electrons. The van der Waals surface area contributed by atoms with Crippen molar-refractivity contribution in [3.8, 4) is 0 Å². The first-order valence-electron chi connectivity index (χ1n) is 4.90. The van der Waals surface area contributed by atoms with E-state index < -0.39 is 9.84 Å². The van der Waals surface area contributed by atoms with Gasteiger partial charge >= 0.3 is 0 Å². The predicted octanol–water partition coefficient (Wildman–Crippen LogP) is 0.296. The molecule has 15 heavy (non-hydrogen) atoms. The number of oxazole rings is 1. The van der Waals surface area contributed by atoms with Crippen LogP contribution in [-0.4, -0.2) is 32.0 Å². The molecule has 1 aliphatic rings. The van der Waals surface area contributed by atoms with Crippen LogP contribution in [0.25, 0.3) is 0 Å². The Bertz CT molecular complexity index is 438. The summed E-state index contributed by atoms with van der Waals surface area (Å²) in [6.45, 7) is 0.642. The van der Waals surface area contributed by atoms with Crippen LogP contribution < -0.4 is 5.32 Å². The van der Waals surface area contributed by atoms with Gasteiger partial charge in [0.2, 0.25) is 0 Å². The van der Waals surface area contributed by atoms with Gasteiger partial charge in [-0.2, -0.15) is 0 Å². The number of aromatic nitrogens is 1. The van der Waals surface area contributed by atoms with E-state index in [0.717, 1.165) is 5.69 Å². The van der Waals surface area contributed by atoms with E-state index in [1.807, 2.05) is 7.05 Å². The minimum Gasteiger partial charge on any atom is -0.448 e. The fourth-order valence-corrected chi connectivity index (χ4v) is 3.49. The predicted molar refractivity (Wildman–Crippen MR) is 55.3 cm³/mol. The van der Waals surface area contributed by atoms with Crippen LogP contribution in [0.1, 0.15) is 23.9 Å². The molecule has 0 spiro atoms. The summed E-state index contributed by atoms with van der Waals surface area (Å²) in [5.74, 6) is 0.926. The maximum Gasteiger partial charge on any atom is 0.198 e. The Morgan fingerprint density at radius 3 is 3.07 bits per heavy atom. The van der Waals surface area contributed by atoms with Crippen molar-refractivity contribution in [3.63, 3.8) is 0 Å². The number of sulfone groups is 1. The van der Waals surface area contributed by atoms with E-state index in [2.05, 4.69) is 10.3 Å².